The second-order valence-electron chi connectivity index (χ2n) is 6.61. The molecule has 2 aromatic rings. The zero-order valence-corrected chi connectivity index (χ0v) is 14.6. The van der Waals surface area contributed by atoms with Crippen LogP contribution in [0, 0.1) is 23.0 Å². The van der Waals surface area contributed by atoms with Crippen LogP contribution in [0.4, 0.5) is 8.78 Å². The van der Waals surface area contributed by atoms with Gasteiger partial charge in [0.15, 0.2) is 11.6 Å². The second kappa shape index (κ2) is 7.82. The summed E-state index contributed by atoms with van der Waals surface area (Å²) in [5.74, 6) is -2.44. The molecule has 3 rings (SSSR count). The van der Waals surface area contributed by atoms with Gasteiger partial charge in [-0.2, -0.15) is 5.26 Å². The molecule has 9 heteroatoms. The Balaban J connectivity index is 1.67. The van der Waals surface area contributed by atoms with Crippen molar-refractivity contribution in [2.45, 2.75) is 31.5 Å². The van der Waals surface area contributed by atoms with E-state index in [1.54, 1.807) is 0 Å². The predicted octanol–water partition coefficient (Wildman–Crippen LogP) is 0.307. The molecule has 1 aromatic heterocycles. The van der Waals surface area contributed by atoms with Crippen LogP contribution in [-0.2, 0) is 11.2 Å². The Bertz CT molecular complexity index is 961. The summed E-state index contributed by atoms with van der Waals surface area (Å²) in [6, 6.07) is 4.86. The summed E-state index contributed by atoms with van der Waals surface area (Å²) in [6.07, 6.45) is -0.185. The maximum Gasteiger partial charge on any atom is 0.252 e. The zero-order valence-electron chi connectivity index (χ0n) is 14.6. The van der Waals surface area contributed by atoms with E-state index in [0.29, 0.717) is 18.5 Å². The predicted molar refractivity (Wildman–Crippen MR) is 95.0 cm³/mol. The van der Waals surface area contributed by atoms with Crippen molar-refractivity contribution in [3.05, 3.63) is 45.8 Å². The molecule has 0 radical (unpaired) electrons. The number of nitriles is 1. The molecule has 2 unspecified atom stereocenters. The minimum atomic E-state index is -1.05. The van der Waals surface area contributed by atoms with Crippen molar-refractivity contribution in [3.8, 4) is 6.07 Å². The van der Waals surface area contributed by atoms with Gasteiger partial charge < -0.3 is 15.6 Å². The molecule has 1 aliphatic rings. The third-order valence-corrected chi connectivity index (χ3v) is 4.63. The number of carbonyl (C=O) groups excluding carboxylic acids is 1. The van der Waals surface area contributed by atoms with Crippen LogP contribution in [0.1, 0.15) is 12.5 Å². The van der Waals surface area contributed by atoms with Crippen LogP contribution < -0.4 is 21.5 Å². The van der Waals surface area contributed by atoms with Gasteiger partial charge in [-0.3, -0.25) is 14.9 Å². The summed E-state index contributed by atoms with van der Waals surface area (Å²) in [4.78, 5) is 26.9. The molecular weight excluding hydrogens is 356 g/mol. The molecule has 3 atom stereocenters. The standard InChI is InChI=1S/C18H19F2N5O2/c1-9(16-8-22-12(6-21)7-23-16)24-17(26)4-11-2-10-3-13(19)14(20)5-15(10)25-18(11)27/h2-3,5,9,12,16,22-23H,4,7-8H2,1H3,(H,24,26)(H,25,27)/t9-,12?,16?/m0/s1. The summed E-state index contributed by atoms with van der Waals surface area (Å²) in [5, 5.41) is 18.2. The topological polar surface area (TPSA) is 110 Å². The van der Waals surface area contributed by atoms with Crippen molar-refractivity contribution < 1.29 is 13.6 Å². The van der Waals surface area contributed by atoms with Gasteiger partial charge in [0, 0.05) is 42.2 Å². The largest absolute Gasteiger partial charge is 0.352 e. The van der Waals surface area contributed by atoms with Gasteiger partial charge in [-0.1, -0.05) is 0 Å². The quantitative estimate of drug-likeness (QED) is 0.615. The van der Waals surface area contributed by atoms with Crippen molar-refractivity contribution in [3.63, 3.8) is 0 Å². The first kappa shape index (κ1) is 18.9. The minimum Gasteiger partial charge on any atom is -0.352 e. The lowest BCUT2D eigenvalue weighted by molar-refractivity contribution is -0.121. The third kappa shape index (κ3) is 4.30. The Hall–Kier alpha value is -2.83. The molecule has 1 aliphatic heterocycles. The third-order valence-electron chi connectivity index (χ3n) is 4.63. The van der Waals surface area contributed by atoms with E-state index >= 15 is 0 Å². The monoisotopic (exact) mass is 375 g/mol. The van der Waals surface area contributed by atoms with Crippen molar-refractivity contribution in [2.24, 2.45) is 0 Å². The maximum atomic E-state index is 13.4. The Kier molecular flexibility index (Phi) is 5.48. The number of hydrogen-bond acceptors (Lipinski definition) is 5. The summed E-state index contributed by atoms with van der Waals surface area (Å²) in [5.41, 5.74) is -0.191. The van der Waals surface area contributed by atoms with E-state index < -0.39 is 17.2 Å². The van der Waals surface area contributed by atoms with Crippen LogP contribution in [-0.4, -0.2) is 42.1 Å². The number of carbonyl (C=O) groups is 1. The number of fused-ring (bicyclic) bond motifs is 1. The average Bonchev–Trinajstić information content (AvgIpc) is 2.64. The molecule has 1 amide bonds. The van der Waals surface area contributed by atoms with E-state index in [1.807, 2.05) is 6.92 Å². The Labute approximate surface area is 153 Å². The molecule has 27 heavy (non-hydrogen) atoms. The first-order valence-corrected chi connectivity index (χ1v) is 8.54. The van der Waals surface area contributed by atoms with Gasteiger partial charge in [0.2, 0.25) is 5.91 Å². The Morgan fingerprint density at radius 2 is 2.04 bits per heavy atom. The van der Waals surface area contributed by atoms with Crippen LogP contribution in [0.2, 0.25) is 0 Å². The molecule has 1 saturated heterocycles. The number of H-pyrrole nitrogens is 1. The van der Waals surface area contributed by atoms with Crippen molar-refractivity contribution in [1.29, 1.82) is 5.26 Å². The molecule has 0 aliphatic carbocycles. The Morgan fingerprint density at radius 3 is 2.70 bits per heavy atom. The molecule has 1 fully saturated rings. The number of nitrogens with one attached hydrogen (secondary N) is 4. The molecule has 0 spiro atoms. The van der Waals surface area contributed by atoms with Crippen LogP contribution in [0.25, 0.3) is 10.9 Å². The van der Waals surface area contributed by atoms with E-state index in [0.717, 1.165) is 12.1 Å². The lowest BCUT2D eigenvalue weighted by Crippen LogP contribution is -2.61. The fourth-order valence-electron chi connectivity index (χ4n) is 3.08. The number of rotatable bonds is 4. The van der Waals surface area contributed by atoms with E-state index in [9.17, 15) is 18.4 Å². The SMILES string of the molecule is C[C@H](NC(=O)Cc1cc2cc(F)c(F)cc2[nH]c1=O)C1CNC(C#N)CN1. The lowest BCUT2D eigenvalue weighted by Gasteiger charge is -2.32. The molecule has 4 N–H and O–H groups in total. The fraction of sp³-hybridized carbons (Fsp3) is 0.389. The van der Waals surface area contributed by atoms with E-state index in [4.69, 9.17) is 5.26 Å². The molecule has 1 aromatic carbocycles. The van der Waals surface area contributed by atoms with Crippen LogP contribution in [0.3, 0.4) is 0 Å². The highest BCUT2D eigenvalue weighted by atomic mass is 19.2. The number of nitrogens with zero attached hydrogens (tertiary/aromatic N) is 1. The summed E-state index contributed by atoms with van der Waals surface area (Å²) in [6.45, 7) is 2.83. The van der Waals surface area contributed by atoms with E-state index in [-0.39, 0.29) is 41.5 Å². The first-order valence-electron chi connectivity index (χ1n) is 8.54. The highest BCUT2D eigenvalue weighted by Gasteiger charge is 2.25. The summed E-state index contributed by atoms with van der Waals surface area (Å²) in [7, 11) is 0. The first-order chi connectivity index (χ1) is 12.9. The molecule has 142 valence electrons. The highest BCUT2D eigenvalue weighted by molar-refractivity contribution is 5.83. The second-order valence-corrected chi connectivity index (χ2v) is 6.61. The van der Waals surface area contributed by atoms with Crippen molar-refractivity contribution in [1.82, 2.24) is 20.9 Å². The number of pyridine rings is 1. The molecule has 7 nitrogen and oxygen atoms in total. The normalized spacial score (nSPS) is 20.8. The van der Waals surface area contributed by atoms with Crippen LogP contribution in [0.5, 0.6) is 0 Å². The average molecular weight is 375 g/mol. The van der Waals surface area contributed by atoms with Gasteiger partial charge in [-0.05, 0) is 19.1 Å². The summed E-state index contributed by atoms with van der Waals surface area (Å²) < 4.78 is 26.7. The molecule has 2 heterocycles. The van der Waals surface area contributed by atoms with Gasteiger partial charge >= 0.3 is 0 Å². The summed E-state index contributed by atoms with van der Waals surface area (Å²) >= 11 is 0. The smallest absolute Gasteiger partial charge is 0.252 e. The number of amides is 1. The number of aromatic amines is 1. The molecule has 0 bridgehead atoms. The molecular formula is C18H19F2N5O2. The van der Waals surface area contributed by atoms with Gasteiger partial charge in [-0.15, -0.1) is 0 Å². The minimum absolute atomic E-state index is 0.0505. The van der Waals surface area contributed by atoms with Gasteiger partial charge in [0.05, 0.1) is 18.0 Å². The van der Waals surface area contributed by atoms with Gasteiger partial charge in [0.25, 0.3) is 5.56 Å². The lowest BCUT2D eigenvalue weighted by atomic mass is 10.1. The van der Waals surface area contributed by atoms with Crippen LogP contribution in [0.15, 0.2) is 23.0 Å². The van der Waals surface area contributed by atoms with E-state index in [2.05, 4.69) is 27.0 Å². The van der Waals surface area contributed by atoms with E-state index in [1.165, 1.54) is 6.07 Å². The van der Waals surface area contributed by atoms with Crippen molar-refractivity contribution >= 4 is 16.8 Å². The maximum absolute atomic E-state index is 13.4. The number of halogens is 2. The Morgan fingerprint density at radius 1 is 1.30 bits per heavy atom. The van der Waals surface area contributed by atoms with Gasteiger partial charge in [-0.25, -0.2) is 8.78 Å². The number of aromatic nitrogens is 1. The number of hydrogen-bond donors (Lipinski definition) is 4. The number of piperazine rings is 1. The fourth-order valence-corrected chi connectivity index (χ4v) is 3.08. The van der Waals surface area contributed by atoms with Gasteiger partial charge in [0.1, 0.15) is 6.04 Å². The van der Waals surface area contributed by atoms with Crippen LogP contribution >= 0.6 is 0 Å². The molecule has 0 saturated carbocycles. The number of benzene rings is 1. The van der Waals surface area contributed by atoms with Crippen molar-refractivity contribution in [2.75, 3.05) is 13.1 Å². The highest BCUT2D eigenvalue weighted by Crippen LogP contribution is 2.16. The zero-order chi connectivity index (χ0) is 19.6.